The minimum Gasteiger partial charge on any atom is -0.369 e. The van der Waals surface area contributed by atoms with Gasteiger partial charge >= 0.3 is 0 Å². The number of piperazine rings is 1. The van der Waals surface area contributed by atoms with Crippen LogP contribution in [0.25, 0.3) is 0 Å². The first kappa shape index (κ1) is 13.0. The zero-order chi connectivity index (χ0) is 11.8. The fraction of sp³-hybridized carbons (Fsp3) is 0.571. The highest BCUT2D eigenvalue weighted by Crippen LogP contribution is 2.14. The van der Waals surface area contributed by atoms with Gasteiger partial charge in [-0.1, -0.05) is 38.0 Å². The van der Waals surface area contributed by atoms with E-state index in [-0.39, 0.29) is 0 Å². The second-order valence-corrected chi connectivity index (χ2v) is 4.28. The van der Waals surface area contributed by atoms with Crippen LogP contribution >= 0.6 is 0 Å². The third-order valence-electron chi connectivity index (χ3n) is 2.52. The van der Waals surface area contributed by atoms with Crippen molar-refractivity contribution in [3.05, 3.63) is 29.8 Å². The molecule has 0 radical (unpaired) electrons. The third-order valence-corrected chi connectivity index (χ3v) is 2.52. The van der Waals surface area contributed by atoms with Gasteiger partial charge in [0.25, 0.3) is 0 Å². The van der Waals surface area contributed by atoms with Crippen LogP contribution in [0.2, 0.25) is 0 Å². The third kappa shape index (κ3) is 4.23. The Morgan fingerprint density at radius 2 is 1.56 bits per heavy atom. The highest BCUT2D eigenvalue weighted by atomic mass is 15.2. The Labute approximate surface area is 99.7 Å². The van der Waals surface area contributed by atoms with Crippen molar-refractivity contribution in [2.45, 2.75) is 27.2 Å². The molecule has 0 amide bonds. The van der Waals surface area contributed by atoms with Crippen LogP contribution in [0, 0.1) is 6.92 Å². The molecule has 1 saturated heterocycles. The Balaban J connectivity index is 0.000000386. The molecule has 1 fully saturated rings. The molecule has 1 aromatic carbocycles. The Bertz CT molecular complexity index is 273. The summed E-state index contributed by atoms with van der Waals surface area (Å²) < 4.78 is 0. The van der Waals surface area contributed by atoms with Crippen molar-refractivity contribution < 1.29 is 0 Å². The summed E-state index contributed by atoms with van der Waals surface area (Å²) in [6.07, 6.45) is 1.25. The lowest BCUT2D eigenvalue weighted by Gasteiger charge is -2.29. The maximum absolute atomic E-state index is 3.35. The van der Waals surface area contributed by atoms with Crippen LogP contribution in [0.1, 0.15) is 25.8 Å². The highest BCUT2D eigenvalue weighted by Gasteiger charge is 2.08. The molecule has 1 aromatic rings. The Hall–Kier alpha value is -1.02. The Morgan fingerprint density at radius 3 is 2.06 bits per heavy atom. The molecule has 1 heterocycles. The molecular weight excluding hydrogens is 196 g/mol. The summed E-state index contributed by atoms with van der Waals surface area (Å²) in [4.78, 5) is 2.43. The van der Waals surface area contributed by atoms with Crippen molar-refractivity contribution in [2.24, 2.45) is 0 Å². The van der Waals surface area contributed by atoms with Gasteiger partial charge in [0.2, 0.25) is 0 Å². The predicted octanol–water partition coefficient (Wildman–Crippen LogP) is 2.82. The van der Waals surface area contributed by atoms with Crippen molar-refractivity contribution >= 4 is 5.69 Å². The summed E-state index contributed by atoms with van der Waals surface area (Å²) in [6, 6.07) is 8.77. The lowest BCUT2D eigenvalue weighted by Crippen LogP contribution is -2.43. The largest absolute Gasteiger partial charge is 0.369 e. The van der Waals surface area contributed by atoms with E-state index in [0.717, 1.165) is 26.2 Å². The van der Waals surface area contributed by atoms with Crippen molar-refractivity contribution in [3.63, 3.8) is 0 Å². The summed E-state index contributed by atoms with van der Waals surface area (Å²) in [5, 5.41) is 3.35. The fourth-order valence-corrected chi connectivity index (χ4v) is 1.68. The molecule has 2 rings (SSSR count). The number of aryl methyl sites for hydroxylation is 1. The van der Waals surface area contributed by atoms with E-state index in [4.69, 9.17) is 0 Å². The highest BCUT2D eigenvalue weighted by molar-refractivity contribution is 5.47. The van der Waals surface area contributed by atoms with Crippen molar-refractivity contribution in [1.29, 1.82) is 0 Å². The van der Waals surface area contributed by atoms with Gasteiger partial charge in [0.15, 0.2) is 0 Å². The standard InChI is InChI=1S/C11H16N2.C3H8/c1-10-2-4-11(5-3-10)13-8-6-12-7-9-13;1-3-2/h2-5,12H,6-9H2,1H3;3H2,1-2H3. The van der Waals surface area contributed by atoms with Gasteiger partial charge in [-0.2, -0.15) is 0 Å². The van der Waals surface area contributed by atoms with Crippen LogP contribution in [0.15, 0.2) is 24.3 Å². The van der Waals surface area contributed by atoms with Crippen LogP contribution < -0.4 is 10.2 Å². The van der Waals surface area contributed by atoms with Gasteiger partial charge in [-0.3, -0.25) is 0 Å². The number of nitrogens with zero attached hydrogens (tertiary/aromatic N) is 1. The molecule has 1 N–H and O–H groups in total. The van der Waals surface area contributed by atoms with Crippen molar-refractivity contribution in [2.75, 3.05) is 31.1 Å². The van der Waals surface area contributed by atoms with E-state index in [2.05, 4.69) is 55.3 Å². The van der Waals surface area contributed by atoms with Gasteiger partial charge in [-0.05, 0) is 19.1 Å². The molecule has 1 aliphatic heterocycles. The van der Waals surface area contributed by atoms with Gasteiger partial charge < -0.3 is 10.2 Å². The molecule has 2 heteroatoms. The van der Waals surface area contributed by atoms with E-state index in [9.17, 15) is 0 Å². The van der Waals surface area contributed by atoms with Crippen LogP contribution in [0.5, 0.6) is 0 Å². The molecule has 0 aromatic heterocycles. The minimum absolute atomic E-state index is 1.11. The summed E-state index contributed by atoms with van der Waals surface area (Å²) in [5.74, 6) is 0. The number of rotatable bonds is 1. The van der Waals surface area contributed by atoms with Crippen LogP contribution in [0.4, 0.5) is 5.69 Å². The van der Waals surface area contributed by atoms with E-state index in [0.29, 0.717) is 0 Å². The molecule has 1 aliphatic rings. The lowest BCUT2D eigenvalue weighted by atomic mass is 10.2. The molecule has 90 valence electrons. The van der Waals surface area contributed by atoms with E-state index in [1.165, 1.54) is 17.7 Å². The summed E-state index contributed by atoms with van der Waals surface area (Å²) in [7, 11) is 0. The number of anilines is 1. The van der Waals surface area contributed by atoms with Gasteiger partial charge in [0.05, 0.1) is 0 Å². The van der Waals surface area contributed by atoms with Gasteiger partial charge in [0.1, 0.15) is 0 Å². The number of benzene rings is 1. The average Bonchev–Trinajstić information content (AvgIpc) is 2.32. The molecule has 0 spiro atoms. The molecule has 0 atom stereocenters. The van der Waals surface area contributed by atoms with E-state index in [1.807, 2.05) is 0 Å². The van der Waals surface area contributed by atoms with Gasteiger partial charge in [-0.15, -0.1) is 0 Å². The first-order chi connectivity index (χ1) is 7.77. The van der Waals surface area contributed by atoms with E-state index in [1.54, 1.807) is 0 Å². The second kappa shape index (κ2) is 7.29. The first-order valence-electron chi connectivity index (χ1n) is 6.30. The topological polar surface area (TPSA) is 15.3 Å². The summed E-state index contributed by atoms with van der Waals surface area (Å²) in [5.41, 5.74) is 2.69. The van der Waals surface area contributed by atoms with Crippen molar-refractivity contribution in [3.8, 4) is 0 Å². The minimum atomic E-state index is 1.11. The number of hydrogen-bond donors (Lipinski definition) is 1. The molecule has 0 bridgehead atoms. The SMILES string of the molecule is CCC.Cc1ccc(N2CCNCC2)cc1. The average molecular weight is 220 g/mol. The Morgan fingerprint density at radius 1 is 1.06 bits per heavy atom. The number of nitrogens with one attached hydrogen (secondary N) is 1. The van der Waals surface area contributed by atoms with E-state index < -0.39 is 0 Å². The monoisotopic (exact) mass is 220 g/mol. The summed E-state index contributed by atoms with van der Waals surface area (Å²) in [6.45, 7) is 10.8. The number of hydrogen-bond acceptors (Lipinski definition) is 2. The maximum Gasteiger partial charge on any atom is 0.0367 e. The Kier molecular flexibility index (Phi) is 5.94. The van der Waals surface area contributed by atoms with Crippen LogP contribution in [0.3, 0.4) is 0 Å². The maximum atomic E-state index is 3.35. The van der Waals surface area contributed by atoms with Crippen molar-refractivity contribution in [1.82, 2.24) is 5.32 Å². The lowest BCUT2D eigenvalue weighted by molar-refractivity contribution is 0.589. The van der Waals surface area contributed by atoms with E-state index >= 15 is 0 Å². The quantitative estimate of drug-likeness (QED) is 0.783. The smallest absolute Gasteiger partial charge is 0.0367 e. The predicted molar refractivity (Wildman–Crippen MR) is 72.2 cm³/mol. The molecule has 0 aliphatic carbocycles. The summed E-state index contributed by atoms with van der Waals surface area (Å²) >= 11 is 0. The van der Waals surface area contributed by atoms with Gasteiger partial charge in [-0.25, -0.2) is 0 Å². The van der Waals surface area contributed by atoms with Crippen LogP contribution in [-0.4, -0.2) is 26.2 Å². The first-order valence-corrected chi connectivity index (χ1v) is 6.30. The fourth-order valence-electron chi connectivity index (χ4n) is 1.68. The van der Waals surface area contributed by atoms with Crippen LogP contribution in [-0.2, 0) is 0 Å². The van der Waals surface area contributed by atoms with Gasteiger partial charge in [0, 0.05) is 31.9 Å². The molecular formula is C14H24N2. The zero-order valence-electron chi connectivity index (χ0n) is 10.8. The molecule has 16 heavy (non-hydrogen) atoms. The molecule has 0 unspecified atom stereocenters. The second-order valence-electron chi connectivity index (χ2n) is 4.28. The molecule has 2 nitrogen and oxygen atoms in total. The normalized spacial score (nSPS) is 15.3. The zero-order valence-corrected chi connectivity index (χ0v) is 10.8. The molecule has 0 saturated carbocycles.